The molecule has 1 saturated carbocycles. The van der Waals surface area contributed by atoms with Crippen molar-refractivity contribution in [3.8, 4) is 0 Å². The molecule has 3 heterocycles. The molecule has 0 atom stereocenters. The molecule has 1 aliphatic carbocycles. The third-order valence-corrected chi connectivity index (χ3v) is 6.33. The first kappa shape index (κ1) is 19.8. The van der Waals surface area contributed by atoms with Gasteiger partial charge in [0.1, 0.15) is 11.6 Å². The molecule has 3 aromatic heterocycles. The summed E-state index contributed by atoms with van der Waals surface area (Å²) in [6, 6.07) is 6.10. The first-order chi connectivity index (χ1) is 17.6. The highest BCUT2D eigenvalue weighted by atomic mass is 19.4. The first-order valence-corrected chi connectivity index (χ1v) is 11.0. The van der Waals surface area contributed by atoms with Crippen molar-refractivity contribution < 1.29 is 22.4 Å². The van der Waals surface area contributed by atoms with E-state index in [2.05, 4.69) is 15.3 Å². The van der Waals surface area contributed by atoms with Gasteiger partial charge >= 0.3 is 11.9 Å². The lowest BCUT2D eigenvalue weighted by molar-refractivity contribution is -0.136. The highest BCUT2D eigenvalue weighted by Crippen LogP contribution is 2.38. The number of rotatable bonds is 4. The summed E-state index contributed by atoms with van der Waals surface area (Å²) in [5.41, 5.74) is 2.95. The Bertz CT molecular complexity index is 1620. The molecule has 4 N–H and O–H groups in total. The fraction of sp³-hybridized carbons (Fsp3) is 0.375. The smallest absolute Gasteiger partial charge is 0.386 e. The molecular formula is C24H25F3N6O2. The summed E-state index contributed by atoms with van der Waals surface area (Å²) in [7, 11) is 0. The van der Waals surface area contributed by atoms with Crippen LogP contribution >= 0.6 is 0 Å². The van der Waals surface area contributed by atoms with E-state index in [1.807, 2.05) is 0 Å². The van der Waals surface area contributed by atoms with Crippen LogP contribution in [0.5, 0.6) is 0 Å². The number of aromatic nitrogens is 4. The van der Waals surface area contributed by atoms with Gasteiger partial charge in [0.2, 0.25) is 0 Å². The quantitative estimate of drug-likeness (QED) is 0.401. The zero-order valence-corrected chi connectivity index (χ0v) is 18.9. The topological polar surface area (TPSA) is 111 Å². The van der Waals surface area contributed by atoms with E-state index in [-0.39, 0.29) is 45.7 Å². The number of aliphatic hydroxyl groups is 1. The number of hydrogen-bond donors (Lipinski definition) is 3. The van der Waals surface area contributed by atoms with E-state index >= 15 is 0 Å². The third kappa shape index (κ3) is 3.94. The molecule has 0 saturated heterocycles. The van der Waals surface area contributed by atoms with Gasteiger partial charge in [0.25, 0.3) is 0 Å². The summed E-state index contributed by atoms with van der Waals surface area (Å²) >= 11 is 0. The van der Waals surface area contributed by atoms with Crippen LogP contribution in [0.25, 0.3) is 21.9 Å². The number of para-hydroxylation sites is 1. The molecule has 1 aromatic carbocycles. The molecule has 8 nitrogen and oxygen atoms in total. The maximum atomic E-state index is 13.8. The van der Waals surface area contributed by atoms with E-state index in [1.54, 1.807) is 0 Å². The fourth-order valence-electron chi connectivity index (χ4n) is 4.56. The van der Waals surface area contributed by atoms with Crippen molar-refractivity contribution in [1.29, 1.82) is 0 Å². The number of nitrogens with zero attached hydrogens (tertiary/aromatic N) is 4. The summed E-state index contributed by atoms with van der Waals surface area (Å²) in [6.07, 6.45) is -2.48. The van der Waals surface area contributed by atoms with Gasteiger partial charge in [-0.3, -0.25) is 9.13 Å². The van der Waals surface area contributed by atoms with E-state index in [0.29, 0.717) is 22.9 Å². The Kier molecular flexibility index (Phi) is 4.41. The Labute approximate surface area is 202 Å². The van der Waals surface area contributed by atoms with Gasteiger partial charge in [0.15, 0.2) is 0 Å². The minimum Gasteiger partial charge on any atom is -0.386 e. The van der Waals surface area contributed by atoms with Crippen molar-refractivity contribution in [1.82, 2.24) is 19.1 Å². The predicted molar refractivity (Wildman–Crippen MR) is 126 cm³/mol. The largest absolute Gasteiger partial charge is 0.418 e. The Morgan fingerprint density at radius 1 is 1.17 bits per heavy atom. The zero-order valence-electron chi connectivity index (χ0n) is 21.9. The molecule has 11 heteroatoms. The third-order valence-electron chi connectivity index (χ3n) is 6.33. The van der Waals surface area contributed by atoms with Crippen LogP contribution in [-0.2, 0) is 18.8 Å². The fourth-order valence-corrected chi connectivity index (χ4v) is 4.56. The maximum absolute atomic E-state index is 13.8. The van der Waals surface area contributed by atoms with Crippen molar-refractivity contribution in [2.45, 2.75) is 50.6 Å². The molecule has 35 heavy (non-hydrogen) atoms. The lowest BCUT2D eigenvalue weighted by Crippen LogP contribution is -2.41. The van der Waals surface area contributed by atoms with Crippen molar-refractivity contribution in [2.24, 2.45) is 12.7 Å². The molecule has 0 bridgehead atoms. The molecule has 1 aliphatic rings. The molecule has 0 aliphatic heterocycles. The average molecular weight is 490 g/mol. The number of benzene rings is 1. The van der Waals surface area contributed by atoms with E-state index < -0.39 is 30.0 Å². The summed E-state index contributed by atoms with van der Waals surface area (Å²) < 4.78 is 66.8. The van der Waals surface area contributed by atoms with Crippen LogP contribution < -0.4 is 16.7 Å². The first-order valence-electron chi connectivity index (χ1n) is 12.5. The van der Waals surface area contributed by atoms with Gasteiger partial charge in [-0.15, -0.1) is 0 Å². The number of nitrogens with two attached hydrogens (primary N) is 1. The molecule has 4 aromatic rings. The number of pyridine rings is 2. The molecular weight excluding hydrogens is 461 g/mol. The van der Waals surface area contributed by atoms with Gasteiger partial charge in [-0.25, -0.2) is 14.8 Å². The summed E-state index contributed by atoms with van der Waals surface area (Å²) in [5.74, 6) is 0.101. The van der Waals surface area contributed by atoms with Crippen LogP contribution in [0.3, 0.4) is 0 Å². The number of anilines is 2. The van der Waals surface area contributed by atoms with E-state index in [0.717, 1.165) is 6.07 Å². The van der Waals surface area contributed by atoms with Gasteiger partial charge < -0.3 is 16.2 Å². The van der Waals surface area contributed by atoms with Crippen molar-refractivity contribution in [2.75, 3.05) is 5.32 Å². The second kappa shape index (κ2) is 7.79. The Morgan fingerprint density at radius 2 is 1.91 bits per heavy atom. The van der Waals surface area contributed by atoms with Gasteiger partial charge in [-0.05, 0) is 44.4 Å². The number of alkyl halides is 3. The molecule has 0 spiro atoms. The molecule has 184 valence electrons. The summed E-state index contributed by atoms with van der Waals surface area (Å²) in [4.78, 5) is 21.5. The molecule has 0 unspecified atom stereocenters. The lowest BCUT2D eigenvalue weighted by Gasteiger charge is -2.33. The molecule has 0 amide bonds. The van der Waals surface area contributed by atoms with Crippen molar-refractivity contribution in [3.05, 3.63) is 58.1 Å². The average Bonchev–Trinajstić information content (AvgIpc) is 3.05. The second-order valence-corrected chi connectivity index (χ2v) is 9.37. The number of aryl methyl sites for hydroxylation is 1. The van der Waals surface area contributed by atoms with E-state index in [4.69, 9.17) is 9.85 Å². The predicted octanol–water partition coefficient (Wildman–Crippen LogP) is 3.94. The Hall–Kier alpha value is -3.44. The van der Waals surface area contributed by atoms with Crippen LogP contribution in [0.2, 0.25) is 0 Å². The maximum Gasteiger partial charge on any atom is 0.418 e. The number of imidazole rings is 1. The second-order valence-electron chi connectivity index (χ2n) is 9.37. The Morgan fingerprint density at radius 3 is 2.54 bits per heavy atom. The summed E-state index contributed by atoms with van der Waals surface area (Å²) in [5, 5.41) is 13.7. The van der Waals surface area contributed by atoms with Crippen LogP contribution in [0.15, 0.2) is 41.3 Å². The minimum absolute atomic E-state index is 0.0204. The number of fused-ring (bicyclic) bond motifs is 2. The zero-order chi connectivity index (χ0) is 27.8. The standard InChI is InChI=1S/C24H25F3N6O2/c1-23(2,35)16-9-20(31-21-14(16)5-4-6-15(21)24(25,26)27)30-19-10-17-18(11-29-19)32(3)22(34)33(17)13-7-12(28)8-13/h4-6,9-13,35H,7-8,28H2,1-3H3,(H,29,30,31)/i3D3. The highest BCUT2D eigenvalue weighted by molar-refractivity contribution is 5.88. The number of nitrogens with one attached hydrogen (secondary N) is 1. The Balaban J connectivity index is 1.67. The highest BCUT2D eigenvalue weighted by Gasteiger charge is 2.35. The monoisotopic (exact) mass is 489 g/mol. The molecule has 5 rings (SSSR count). The van der Waals surface area contributed by atoms with Crippen LogP contribution in [0.4, 0.5) is 24.8 Å². The van der Waals surface area contributed by atoms with Gasteiger partial charge in [0.05, 0.1) is 33.9 Å². The van der Waals surface area contributed by atoms with Gasteiger partial charge in [-0.2, -0.15) is 13.2 Å². The van der Waals surface area contributed by atoms with Crippen LogP contribution in [0.1, 0.15) is 48.0 Å². The van der Waals surface area contributed by atoms with Crippen molar-refractivity contribution >= 4 is 33.6 Å². The number of hydrogen-bond acceptors (Lipinski definition) is 6. The van der Waals surface area contributed by atoms with Crippen LogP contribution in [-0.4, -0.2) is 30.3 Å². The van der Waals surface area contributed by atoms with Gasteiger partial charge in [0, 0.05) is 34.6 Å². The van der Waals surface area contributed by atoms with E-state index in [9.17, 15) is 23.1 Å². The molecule has 0 radical (unpaired) electrons. The SMILES string of the molecule is [2H]C([2H])([2H])n1c(=O)n(C2CC(N)C2)c2cc(Nc3cc(C(C)(C)O)c4cccc(C(F)(F)F)c4n3)ncc21. The minimum atomic E-state index is -4.68. The molecule has 1 fully saturated rings. The van der Waals surface area contributed by atoms with Crippen LogP contribution in [0, 0.1) is 0 Å². The van der Waals surface area contributed by atoms with E-state index in [1.165, 1.54) is 48.9 Å². The lowest BCUT2D eigenvalue weighted by atomic mass is 9.87. The summed E-state index contributed by atoms with van der Waals surface area (Å²) in [6.45, 7) is 0.157. The number of halogens is 3. The van der Waals surface area contributed by atoms with Crippen molar-refractivity contribution in [3.63, 3.8) is 0 Å². The van der Waals surface area contributed by atoms with Gasteiger partial charge in [-0.1, -0.05) is 12.1 Å². The normalized spacial score (nSPS) is 20.4.